The van der Waals surface area contributed by atoms with Crippen molar-refractivity contribution in [2.45, 2.75) is 37.4 Å². The molecule has 0 aliphatic heterocycles. The second kappa shape index (κ2) is 8.28. The maximum Gasteiger partial charge on any atom is 0.416 e. The molecule has 2 aromatic carbocycles. The molecule has 1 N–H and O–H groups in total. The van der Waals surface area contributed by atoms with Gasteiger partial charge in [0, 0.05) is 11.4 Å². The summed E-state index contributed by atoms with van der Waals surface area (Å²) in [5, 5.41) is 10.7. The fraction of sp³-hybridized carbons (Fsp3) is 0.250. The zero-order chi connectivity index (χ0) is 21.2. The molecule has 29 heavy (non-hydrogen) atoms. The maximum atomic E-state index is 12.8. The van der Waals surface area contributed by atoms with E-state index in [1.807, 2.05) is 42.7 Å². The van der Waals surface area contributed by atoms with E-state index in [-0.39, 0.29) is 5.69 Å². The lowest BCUT2D eigenvalue weighted by atomic mass is 10.2. The topological polar surface area (TPSA) is 59.8 Å². The third-order valence-corrected chi connectivity index (χ3v) is 5.24. The number of thioether (sulfide) groups is 1. The van der Waals surface area contributed by atoms with Gasteiger partial charge in [-0.15, -0.1) is 10.2 Å². The first-order valence-corrected chi connectivity index (χ1v) is 9.67. The van der Waals surface area contributed by atoms with Crippen LogP contribution in [0.2, 0.25) is 0 Å². The number of rotatable bonds is 5. The number of anilines is 1. The number of aryl methyl sites for hydroxylation is 2. The zero-order valence-electron chi connectivity index (χ0n) is 16.0. The molecule has 0 aliphatic rings. The number of carbonyl (C=O) groups is 1. The van der Waals surface area contributed by atoms with E-state index in [1.54, 1.807) is 6.92 Å². The van der Waals surface area contributed by atoms with Crippen molar-refractivity contribution in [3.05, 3.63) is 65.5 Å². The van der Waals surface area contributed by atoms with Gasteiger partial charge in [0.15, 0.2) is 5.16 Å². The Morgan fingerprint density at radius 3 is 2.45 bits per heavy atom. The quantitative estimate of drug-likeness (QED) is 0.589. The first-order valence-electron chi connectivity index (χ1n) is 8.79. The Kier molecular flexibility index (Phi) is 5.97. The normalized spacial score (nSPS) is 12.6. The van der Waals surface area contributed by atoms with E-state index in [0.717, 1.165) is 23.4 Å². The molecule has 0 saturated carbocycles. The molecule has 5 nitrogen and oxygen atoms in total. The second-order valence-electron chi connectivity index (χ2n) is 6.53. The number of benzene rings is 2. The highest BCUT2D eigenvalue weighted by molar-refractivity contribution is 8.00. The van der Waals surface area contributed by atoms with E-state index in [4.69, 9.17) is 0 Å². The van der Waals surface area contributed by atoms with E-state index >= 15 is 0 Å². The molecule has 3 aromatic rings. The van der Waals surface area contributed by atoms with Crippen LogP contribution in [0, 0.1) is 13.8 Å². The smallest absolute Gasteiger partial charge is 0.325 e. The fourth-order valence-electron chi connectivity index (χ4n) is 2.64. The Morgan fingerprint density at radius 2 is 1.79 bits per heavy atom. The number of hydrogen-bond donors (Lipinski definition) is 1. The molecule has 0 saturated heterocycles. The Morgan fingerprint density at radius 1 is 1.10 bits per heavy atom. The summed E-state index contributed by atoms with van der Waals surface area (Å²) in [6, 6.07) is 12.3. The summed E-state index contributed by atoms with van der Waals surface area (Å²) in [6.07, 6.45) is -4.47. The van der Waals surface area contributed by atoms with Crippen molar-refractivity contribution >= 4 is 23.4 Å². The number of nitrogens with zero attached hydrogens (tertiary/aromatic N) is 3. The number of aromatic nitrogens is 3. The van der Waals surface area contributed by atoms with Crippen molar-refractivity contribution in [3.8, 4) is 5.69 Å². The minimum absolute atomic E-state index is 0.0912. The fourth-order valence-corrected chi connectivity index (χ4v) is 3.55. The van der Waals surface area contributed by atoms with Gasteiger partial charge in [0.1, 0.15) is 5.82 Å². The summed E-state index contributed by atoms with van der Waals surface area (Å²) in [7, 11) is 0. The third-order valence-electron chi connectivity index (χ3n) is 4.20. The molecule has 1 heterocycles. The van der Waals surface area contributed by atoms with Gasteiger partial charge in [-0.3, -0.25) is 9.36 Å². The lowest BCUT2D eigenvalue weighted by Crippen LogP contribution is -2.23. The van der Waals surface area contributed by atoms with E-state index in [0.29, 0.717) is 11.0 Å². The average Bonchev–Trinajstić information content (AvgIpc) is 3.02. The number of hydrogen-bond acceptors (Lipinski definition) is 4. The molecule has 1 aromatic heterocycles. The van der Waals surface area contributed by atoms with Gasteiger partial charge in [-0.2, -0.15) is 13.2 Å². The summed E-state index contributed by atoms with van der Waals surface area (Å²) < 4.78 is 40.4. The average molecular weight is 420 g/mol. The SMILES string of the molecule is Cc1ccc(-n2c(C)nnc2SC(C)C(=O)Nc2cccc(C(F)(F)F)c2)cc1. The van der Waals surface area contributed by atoms with Crippen LogP contribution in [0.1, 0.15) is 23.9 Å². The largest absolute Gasteiger partial charge is 0.416 e. The summed E-state index contributed by atoms with van der Waals surface area (Å²) in [6.45, 7) is 5.46. The summed E-state index contributed by atoms with van der Waals surface area (Å²) in [4.78, 5) is 12.5. The van der Waals surface area contributed by atoms with Gasteiger partial charge in [-0.05, 0) is 51.1 Å². The van der Waals surface area contributed by atoms with Crippen LogP contribution in [0.25, 0.3) is 5.69 Å². The van der Waals surface area contributed by atoms with Gasteiger partial charge in [0.25, 0.3) is 0 Å². The van der Waals surface area contributed by atoms with Crippen molar-refractivity contribution in [1.29, 1.82) is 0 Å². The second-order valence-corrected chi connectivity index (χ2v) is 7.84. The molecule has 3 rings (SSSR count). The Bertz CT molecular complexity index is 1020. The summed E-state index contributed by atoms with van der Waals surface area (Å²) in [5.41, 5.74) is 1.26. The molecular formula is C20H19F3N4OS. The predicted molar refractivity (Wildman–Crippen MR) is 106 cm³/mol. The van der Waals surface area contributed by atoms with Gasteiger partial charge >= 0.3 is 6.18 Å². The van der Waals surface area contributed by atoms with Crippen molar-refractivity contribution in [2.24, 2.45) is 0 Å². The molecule has 1 unspecified atom stereocenters. The molecule has 1 atom stereocenters. The van der Waals surface area contributed by atoms with E-state index in [1.165, 1.54) is 23.9 Å². The number of halogens is 3. The van der Waals surface area contributed by atoms with Crippen LogP contribution in [0.4, 0.5) is 18.9 Å². The van der Waals surface area contributed by atoms with Gasteiger partial charge in [-0.25, -0.2) is 0 Å². The van der Waals surface area contributed by atoms with Gasteiger partial charge in [-0.1, -0.05) is 35.5 Å². The number of carbonyl (C=O) groups excluding carboxylic acids is 1. The van der Waals surface area contributed by atoms with Crippen LogP contribution in [0.5, 0.6) is 0 Å². The molecular weight excluding hydrogens is 401 g/mol. The maximum absolute atomic E-state index is 12.8. The summed E-state index contributed by atoms with van der Waals surface area (Å²) in [5.74, 6) is 0.243. The first kappa shape index (κ1) is 20.9. The lowest BCUT2D eigenvalue weighted by Gasteiger charge is -2.14. The van der Waals surface area contributed by atoms with Gasteiger partial charge < -0.3 is 5.32 Å². The van der Waals surface area contributed by atoms with E-state index in [9.17, 15) is 18.0 Å². The highest BCUT2D eigenvalue weighted by Crippen LogP contribution is 2.31. The van der Waals surface area contributed by atoms with Gasteiger partial charge in [0.2, 0.25) is 5.91 Å². The van der Waals surface area contributed by atoms with Crippen LogP contribution >= 0.6 is 11.8 Å². The molecule has 0 fully saturated rings. The molecule has 0 radical (unpaired) electrons. The number of alkyl halides is 3. The van der Waals surface area contributed by atoms with Crippen molar-refractivity contribution in [3.63, 3.8) is 0 Å². The Hall–Kier alpha value is -2.81. The monoisotopic (exact) mass is 420 g/mol. The standard InChI is InChI=1S/C20H19F3N4OS/c1-12-7-9-17(10-8-12)27-14(3)25-26-19(27)29-13(2)18(28)24-16-6-4-5-15(11-16)20(21,22)23/h4-11,13H,1-3H3,(H,24,28). The minimum atomic E-state index is -4.47. The molecule has 152 valence electrons. The number of amides is 1. The highest BCUT2D eigenvalue weighted by atomic mass is 32.2. The summed E-state index contributed by atoms with van der Waals surface area (Å²) >= 11 is 1.18. The first-order chi connectivity index (χ1) is 13.6. The van der Waals surface area contributed by atoms with Crippen LogP contribution in [-0.4, -0.2) is 25.9 Å². The van der Waals surface area contributed by atoms with E-state index in [2.05, 4.69) is 15.5 Å². The highest BCUT2D eigenvalue weighted by Gasteiger charge is 2.30. The van der Waals surface area contributed by atoms with Crippen LogP contribution < -0.4 is 5.32 Å². The minimum Gasteiger partial charge on any atom is -0.325 e. The zero-order valence-corrected chi connectivity index (χ0v) is 16.8. The lowest BCUT2D eigenvalue weighted by molar-refractivity contribution is -0.137. The van der Waals surface area contributed by atoms with Crippen molar-refractivity contribution < 1.29 is 18.0 Å². The Balaban J connectivity index is 1.75. The van der Waals surface area contributed by atoms with Crippen LogP contribution in [-0.2, 0) is 11.0 Å². The molecule has 9 heteroatoms. The molecule has 1 amide bonds. The van der Waals surface area contributed by atoms with Crippen molar-refractivity contribution in [1.82, 2.24) is 14.8 Å². The predicted octanol–water partition coefficient (Wildman–Crippen LogP) is 5.02. The van der Waals surface area contributed by atoms with Gasteiger partial charge in [0.05, 0.1) is 10.8 Å². The van der Waals surface area contributed by atoms with Crippen molar-refractivity contribution in [2.75, 3.05) is 5.32 Å². The molecule has 0 spiro atoms. The van der Waals surface area contributed by atoms with Crippen LogP contribution in [0.15, 0.2) is 53.7 Å². The molecule has 0 bridgehead atoms. The Labute approximate surface area is 170 Å². The number of nitrogens with one attached hydrogen (secondary N) is 1. The molecule has 0 aliphatic carbocycles. The van der Waals surface area contributed by atoms with E-state index < -0.39 is 22.9 Å². The third kappa shape index (κ3) is 4.97. The van der Waals surface area contributed by atoms with Crippen LogP contribution in [0.3, 0.4) is 0 Å².